The van der Waals surface area contributed by atoms with Gasteiger partial charge in [0.15, 0.2) is 0 Å². The van der Waals surface area contributed by atoms with E-state index in [0.29, 0.717) is 12.1 Å². The van der Waals surface area contributed by atoms with Gasteiger partial charge < -0.3 is 11.1 Å². The third-order valence-corrected chi connectivity index (χ3v) is 2.45. The first-order chi connectivity index (χ1) is 8.96. The third kappa shape index (κ3) is 4.29. The summed E-state index contributed by atoms with van der Waals surface area (Å²) in [5, 5.41) is 13.7. The molecule has 0 aliphatic heterocycles. The van der Waals surface area contributed by atoms with Crippen LogP contribution in [0.1, 0.15) is 24.2 Å². The van der Waals surface area contributed by atoms with Gasteiger partial charge in [0, 0.05) is 17.6 Å². The first-order valence-corrected chi connectivity index (χ1v) is 5.86. The minimum atomic E-state index is -0.429. The second-order valence-electron chi connectivity index (χ2n) is 4.97. The molecule has 1 amide bonds. The van der Waals surface area contributed by atoms with E-state index in [0.717, 1.165) is 5.69 Å². The molecule has 1 heterocycles. The van der Waals surface area contributed by atoms with Gasteiger partial charge in [0.25, 0.3) is 5.91 Å². The van der Waals surface area contributed by atoms with Crippen LogP contribution in [-0.2, 0) is 0 Å². The molecule has 0 radical (unpaired) electrons. The molecule has 0 unspecified atom stereocenters. The van der Waals surface area contributed by atoms with E-state index in [4.69, 9.17) is 5.73 Å². The van der Waals surface area contributed by atoms with Crippen LogP contribution >= 0.6 is 12.4 Å². The number of aromatic nitrogens is 4. The van der Waals surface area contributed by atoms with Crippen LogP contribution in [0.15, 0.2) is 30.6 Å². The molecule has 0 fully saturated rings. The molecular formula is C12H17ClN6O. The highest BCUT2D eigenvalue weighted by atomic mass is 35.5. The lowest BCUT2D eigenvalue weighted by atomic mass is 10.1. The highest BCUT2D eigenvalue weighted by molar-refractivity contribution is 5.94. The van der Waals surface area contributed by atoms with Crippen LogP contribution in [0, 0.1) is 0 Å². The quantitative estimate of drug-likeness (QED) is 0.858. The number of halogens is 1. The average Bonchev–Trinajstić information content (AvgIpc) is 2.89. The molecule has 0 aliphatic rings. The summed E-state index contributed by atoms with van der Waals surface area (Å²) in [5.74, 6) is -0.151. The molecule has 3 N–H and O–H groups in total. The van der Waals surface area contributed by atoms with Crippen LogP contribution in [0.2, 0.25) is 0 Å². The van der Waals surface area contributed by atoms with Gasteiger partial charge in [0.05, 0.1) is 5.69 Å². The maximum Gasteiger partial charge on any atom is 0.251 e. The summed E-state index contributed by atoms with van der Waals surface area (Å²) in [7, 11) is 0. The van der Waals surface area contributed by atoms with E-state index in [2.05, 4.69) is 20.8 Å². The Hall–Kier alpha value is -1.99. The van der Waals surface area contributed by atoms with Crippen molar-refractivity contribution in [3.05, 3.63) is 36.2 Å². The predicted molar refractivity (Wildman–Crippen MR) is 77.0 cm³/mol. The first-order valence-electron chi connectivity index (χ1n) is 5.86. The maximum atomic E-state index is 11.9. The second-order valence-corrected chi connectivity index (χ2v) is 4.97. The normalized spacial score (nSPS) is 10.8. The number of nitrogens with one attached hydrogen (secondary N) is 1. The number of rotatable bonds is 4. The number of nitrogens with two attached hydrogens (primary N) is 1. The Morgan fingerprint density at radius 2 is 2.00 bits per heavy atom. The van der Waals surface area contributed by atoms with Crippen molar-refractivity contribution >= 4 is 18.3 Å². The van der Waals surface area contributed by atoms with Crippen LogP contribution in [0.5, 0.6) is 0 Å². The van der Waals surface area contributed by atoms with E-state index in [1.54, 1.807) is 24.3 Å². The minimum absolute atomic E-state index is 0. The number of tetrazole rings is 1. The fourth-order valence-electron chi connectivity index (χ4n) is 1.46. The summed E-state index contributed by atoms with van der Waals surface area (Å²) >= 11 is 0. The molecule has 0 atom stereocenters. The Kier molecular flexibility index (Phi) is 5.18. The van der Waals surface area contributed by atoms with Gasteiger partial charge in [0.2, 0.25) is 0 Å². The molecule has 2 aromatic rings. The van der Waals surface area contributed by atoms with Crippen LogP contribution in [0.3, 0.4) is 0 Å². The molecule has 108 valence electrons. The highest BCUT2D eigenvalue weighted by Gasteiger charge is 2.13. The number of hydrogen-bond donors (Lipinski definition) is 2. The van der Waals surface area contributed by atoms with Crippen molar-refractivity contribution in [1.29, 1.82) is 0 Å². The third-order valence-electron chi connectivity index (χ3n) is 2.45. The van der Waals surface area contributed by atoms with Gasteiger partial charge in [-0.3, -0.25) is 4.79 Å². The van der Waals surface area contributed by atoms with Crippen molar-refractivity contribution in [3.8, 4) is 5.69 Å². The number of nitrogens with zero attached hydrogens (tertiary/aromatic N) is 4. The molecule has 2 rings (SSSR count). The van der Waals surface area contributed by atoms with Crippen molar-refractivity contribution in [1.82, 2.24) is 25.5 Å². The number of carbonyl (C=O) groups excluding carboxylic acids is 1. The van der Waals surface area contributed by atoms with E-state index in [1.165, 1.54) is 11.0 Å². The monoisotopic (exact) mass is 296 g/mol. The van der Waals surface area contributed by atoms with Gasteiger partial charge in [-0.15, -0.1) is 17.5 Å². The van der Waals surface area contributed by atoms with E-state index >= 15 is 0 Å². The summed E-state index contributed by atoms with van der Waals surface area (Å²) in [4.78, 5) is 11.9. The van der Waals surface area contributed by atoms with Crippen LogP contribution < -0.4 is 11.1 Å². The van der Waals surface area contributed by atoms with Gasteiger partial charge in [-0.1, -0.05) is 0 Å². The molecular weight excluding hydrogens is 280 g/mol. The minimum Gasteiger partial charge on any atom is -0.350 e. The molecule has 0 saturated carbocycles. The standard InChI is InChI=1S/C12H16N6O.ClH/c1-12(2,13)7-14-11(19)9-3-5-10(6-4-9)18-8-15-16-17-18;/h3-6,8H,7,13H2,1-2H3,(H,14,19);1H. The van der Waals surface area contributed by atoms with Crippen LogP contribution in [-0.4, -0.2) is 38.2 Å². The van der Waals surface area contributed by atoms with E-state index in [-0.39, 0.29) is 18.3 Å². The molecule has 0 bridgehead atoms. The van der Waals surface area contributed by atoms with Crippen molar-refractivity contribution in [2.45, 2.75) is 19.4 Å². The van der Waals surface area contributed by atoms with Gasteiger partial charge >= 0.3 is 0 Å². The highest BCUT2D eigenvalue weighted by Crippen LogP contribution is 2.07. The zero-order chi connectivity index (χ0) is 13.9. The SMILES string of the molecule is CC(C)(N)CNC(=O)c1ccc(-n2cnnn2)cc1.Cl. The summed E-state index contributed by atoms with van der Waals surface area (Å²) in [5.41, 5.74) is 6.74. The van der Waals surface area contributed by atoms with Crippen molar-refractivity contribution in [3.63, 3.8) is 0 Å². The van der Waals surface area contributed by atoms with Gasteiger partial charge in [-0.2, -0.15) is 0 Å². The first kappa shape index (κ1) is 16.1. The Bertz CT molecular complexity index is 546. The summed E-state index contributed by atoms with van der Waals surface area (Å²) in [6.45, 7) is 4.13. The molecule has 1 aromatic heterocycles. The number of hydrogen-bond acceptors (Lipinski definition) is 5. The molecule has 0 spiro atoms. The molecule has 8 heteroatoms. The largest absolute Gasteiger partial charge is 0.350 e. The summed E-state index contributed by atoms with van der Waals surface area (Å²) in [6, 6.07) is 6.99. The zero-order valence-corrected chi connectivity index (χ0v) is 12.1. The van der Waals surface area contributed by atoms with Crippen molar-refractivity contribution in [2.75, 3.05) is 6.54 Å². The van der Waals surface area contributed by atoms with E-state index in [1.807, 2.05) is 13.8 Å². The summed E-state index contributed by atoms with van der Waals surface area (Å²) in [6.07, 6.45) is 1.49. The fourth-order valence-corrected chi connectivity index (χ4v) is 1.46. The Morgan fingerprint density at radius 3 is 2.50 bits per heavy atom. The second kappa shape index (κ2) is 6.44. The maximum absolute atomic E-state index is 11.9. The van der Waals surface area contributed by atoms with E-state index < -0.39 is 5.54 Å². The van der Waals surface area contributed by atoms with Gasteiger partial charge in [0.1, 0.15) is 6.33 Å². The zero-order valence-electron chi connectivity index (χ0n) is 11.3. The van der Waals surface area contributed by atoms with Crippen LogP contribution in [0.25, 0.3) is 5.69 Å². The lowest BCUT2D eigenvalue weighted by Gasteiger charge is -2.18. The number of carbonyl (C=O) groups is 1. The Labute approximate surface area is 123 Å². The van der Waals surface area contributed by atoms with Gasteiger partial charge in [-0.05, 0) is 48.5 Å². The lowest BCUT2D eigenvalue weighted by molar-refractivity contribution is 0.0946. The average molecular weight is 297 g/mol. The predicted octanol–water partition coefficient (Wildman–Crippen LogP) is 0.551. The van der Waals surface area contributed by atoms with E-state index in [9.17, 15) is 4.79 Å². The van der Waals surface area contributed by atoms with Gasteiger partial charge in [-0.25, -0.2) is 4.68 Å². The smallest absolute Gasteiger partial charge is 0.251 e. The van der Waals surface area contributed by atoms with Crippen LogP contribution in [0.4, 0.5) is 0 Å². The Balaban J connectivity index is 0.00000200. The molecule has 1 aromatic carbocycles. The number of amides is 1. The molecule has 0 aliphatic carbocycles. The van der Waals surface area contributed by atoms with Crippen molar-refractivity contribution in [2.24, 2.45) is 5.73 Å². The molecule has 7 nitrogen and oxygen atoms in total. The molecule has 0 saturated heterocycles. The number of benzene rings is 1. The fraction of sp³-hybridized carbons (Fsp3) is 0.333. The summed E-state index contributed by atoms with van der Waals surface area (Å²) < 4.78 is 1.52. The Morgan fingerprint density at radius 1 is 1.35 bits per heavy atom. The molecule has 20 heavy (non-hydrogen) atoms. The topological polar surface area (TPSA) is 98.7 Å². The van der Waals surface area contributed by atoms with Crippen molar-refractivity contribution < 1.29 is 4.79 Å². The lowest BCUT2D eigenvalue weighted by Crippen LogP contribution is -2.45.